The maximum atomic E-state index is 4.28. The molecular weight excluding hydrogens is 246 g/mol. The van der Waals surface area contributed by atoms with E-state index in [0.29, 0.717) is 6.04 Å². The van der Waals surface area contributed by atoms with Crippen molar-refractivity contribution < 1.29 is 0 Å². The van der Waals surface area contributed by atoms with Crippen LogP contribution in [0.15, 0.2) is 24.5 Å². The minimum atomic E-state index is 0.616. The first kappa shape index (κ1) is 14.0. The van der Waals surface area contributed by atoms with E-state index in [1.807, 2.05) is 12.4 Å². The van der Waals surface area contributed by atoms with E-state index >= 15 is 0 Å². The lowest BCUT2D eigenvalue weighted by Gasteiger charge is -2.29. The van der Waals surface area contributed by atoms with Crippen molar-refractivity contribution in [2.24, 2.45) is 0 Å². The van der Waals surface area contributed by atoms with Gasteiger partial charge in [0, 0.05) is 18.4 Å². The van der Waals surface area contributed by atoms with Gasteiger partial charge in [-0.1, -0.05) is 12.5 Å². The Morgan fingerprint density at radius 3 is 2.75 bits per heavy atom. The Hall–Kier alpha value is -0.930. The van der Waals surface area contributed by atoms with E-state index in [2.05, 4.69) is 26.9 Å². The third kappa shape index (κ3) is 3.58. The standard InChI is InChI=1S/C17H27N3/c1-2-10-19(11-3-1)12-6-14-20-13-5-8-17(20)16-7-4-9-18-15-16/h4,7,9,15,17H,1-3,5-6,8,10-14H2/t17-/m0/s1. The van der Waals surface area contributed by atoms with Gasteiger partial charge < -0.3 is 4.90 Å². The van der Waals surface area contributed by atoms with E-state index in [4.69, 9.17) is 0 Å². The Morgan fingerprint density at radius 2 is 1.95 bits per heavy atom. The van der Waals surface area contributed by atoms with Crippen LogP contribution in [0, 0.1) is 0 Å². The molecule has 0 bridgehead atoms. The van der Waals surface area contributed by atoms with Crippen molar-refractivity contribution in [2.75, 3.05) is 32.7 Å². The molecule has 0 unspecified atom stereocenters. The molecule has 0 radical (unpaired) electrons. The summed E-state index contributed by atoms with van der Waals surface area (Å²) in [6.45, 7) is 6.45. The first-order chi connectivity index (χ1) is 9.93. The molecule has 3 rings (SSSR count). The fraction of sp³-hybridized carbons (Fsp3) is 0.706. The van der Waals surface area contributed by atoms with Gasteiger partial charge in [-0.25, -0.2) is 0 Å². The molecule has 0 amide bonds. The molecule has 3 heterocycles. The number of likely N-dealkylation sites (tertiary alicyclic amines) is 2. The molecule has 0 aromatic carbocycles. The molecule has 3 heteroatoms. The first-order valence-corrected chi connectivity index (χ1v) is 8.30. The summed E-state index contributed by atoms with van der Waals surface area (Å²) in [5.41, 5.74) is 1.41. The topological polar surface area (TPSA) is 19.4 Å². The summed E-state index contributed by atoms with van der Waals surface area (Å²) < 4.78 is 0. The minimum absolute atomic E-state index is 0.616. The van der Waals surface area contributed by atoms with Crippen LogP contribution in [-0.2, 0) is 0 Å². The Kier molecular flexibility index (Phi) is 5.04. The van der Waals surface area contributed by atoms with Crippen molar-refractivity contribution in [3.8, 4) is 0 Å². The molecular formula is C17H27N3. The molecule has 1 aromatic rings. The van der Waals surface area contributed by atoms with E-state index < -0.39 is 0 Å². The van der Waals surface area contributed by atoms with E-state index in [-0.39, 0.29) is 0 Å². The van der Waals surface area contributed by atoms with E-state index in [1.54, 1.807) is 0 Å². The van der Waals surface area contributed by atoms with Crippen LogP contribution in [0.5, 0.6) is 0 Å². The second-order valence-corrected chi connectivity index (χ2v) is 6.24. The Labute approximate surface area is 123 Å². The van der Waals surface area contributed by atoms with Crippen LogP contribution >= 0.6 is 0 Å². The summed E-state index contributed by atoms with van der Waals surface area (Å²) >= 11 is 0. The predicted molar refractivity (Wildman–Crippen MR) is 82.7 cm³/mol. The molecule has 110 valence electrons. The van der Waals surface area contributed by atoms with Crippen molar-refractivity contribution in [3.63, 3.8) is 0 Å². The molecule has 0 spiro atoms. The number of piperidine rings is 1. The Balaban J connectivity index is 1.46. The third-order valence-corrected chi connectivity index (χ3v) is 4.80. The van der Waals surface area contributed by atoms with Crippen LogP contribution in [0.2, 0.25) is 0 Å². The van der Waals surface area contributed by atoms with Gasteiger partial charge >= 0.3 is 0 Å². The minimum Gasteiger partial charge on any atom is -0.303 e. The van der Waals surface area contributed by atoms with Gasteiger partial charge in [0.25, 0.3) is 0 Å². The first-order valence-electron chi connectivity index (χ1n) is 8.30. The second kappa shape index (κ2) is 7.19. The quantitative estimate of drug-likeness (QED) is 0.822. The van der Waals surface area contributed by atoms with Gasteiger partial charge in [-0.2, -0.15) is 0 Å². The van der Waals surface area contributed by atoms with Gasteiger partial charge in [-0.15, -0.1) is 0 Å². The zero-order valence-electron chi connectivity index (χ0n) is 12.5. The molecule has 2 aliphatic rings. The van der Waals surface area contributed by atoms with Gasteiger partial charge in [0.1, 0.15) is 0 Å². The number of rotatable bonds is 5. The van der Waals surface area contributed by atoms with Crippen molar-refractivity contribution in [3.05, 3.63) is 30.1 Å². The van der Waals surface area contributed by atoms with Crippen LogP contribution in [0.1, 0.15) is 50.1 Å². The maximum Gasteiger partial charge on any atom is 0.0363 e. The van der Waals surface area contributed by atoms with Gasteiger partial charge in [-0.05, 0) is 76.5 Å². The third-order valence-electron chi connectivity index (χ3n) is 4.80. The highest BCUT2D eigenvalue weighted by Crippen LogP contribution is 2.31. The SMILES string of the molecule is c1cncc([C@@H]2CCCN2CCCN2CCCCC2)c1. The molecule has 1 atom stereocenters. The summed E-state index contributed by atoms with van der Waals surface area (Å²) in [6, 6.07) is 4.92. The fourth-order valence-corrected chi connectivity index (χ4v) is 3.72. The van der Waals surface area contributed by atoms with E-state index in [1.165, 1.54) is 76.8 Å². The molecule has 2 fully saturated rings. The van der Waals surface area contributed by atoms with Crippen LogP contribution in [0.4, 0.5) is 0 Å². The average molecular weight is 273 g/mol. The molecule has 2 saturated heterocycles. The zero-order valence-corrected chi connectivity index (χ0v) is 12.5. The number of hydrogen-bond donors (Lipinski definition) is 0. The molecule has 20 heavy (non-hydrogen) atoms. The lowest BCUT2D eigenvalue weighted by molar-refractivity contribution is 0.196. The molecule has 1 aromatic heterocycles. The Morgan fingerprint density at radius 1 is 1.05 bits per heavy atom. The molecule has 2 aliphatic heterocycles. The van der Waals surface area contributed by atoms with E-state index in [9.17, 15) is 0 Å². The van der Waals surface area contributed by atoms with Crippen LogP contribution in [0.3, 0.4) is 0 Å². The predicted octanol–water partition coefficient (Wildman–Crippen LogP) is 3.09. The van der Waals surface area contributed by atoms with E-state index in [0.717, 1.165) is 0 Å². The smallest absolute Gasteiger partial charge is 0.0363 e. The number of pyridine rings is 1. The van der Waals surface area contributed by atoms with Crippen LogP contribution in [0.25, 0.3) is 0 Å². The van der Waals surface area contributed by atoms with Gasteiger partial charge in [0.15, 0.2) is 0 Å². The van der Waals surface area contributed by atoms with Gasteiger partial charge in [-0.3, -0.25) is 9.88 Å². The maximum absolute atomic E-state index is 4.28. The number of aromatic nitrogens is 1. The summed E-state index contributed by atoms with van der Waals surface area (Å²) in [6.07, 6.45) is 12.1. The zero-order chi connectivity index (χ0) is 13.6. The lowest BCUT2D eigenvalue weighted by atomic mass is 10.1. The van der Waals surface area contributed by atoms with Gasteiger partial charge in [0.05, 0.1) is 0 Å². The molecule has 0 saturated carbocycles. The van der Waals surface area contributed by atoms with Crippen molar-refractivity contribution >= 4 is 0 Å². The number of hydrogen-bond acceptors (Lipinski definition) is 3. The highest BCUT2D eigenvalue weighted by atomic mass is 15.2. The monoisotopic (exact) mass is 273 g/mol. The summed E-state index contributed by atoms with van der Waals surface area (Å²) in [7, 11) is 0. The van der Waals surface area contributed by atoms with Crippen LogP contribution in [-0.4, -0.2) is 47.5 Å². The lowest BCUT2D eigenvalue weighted by Crippen LogP contribution is -2.33. The highest BCUT2D eigenvalue weighted by Gasteiger charge is 2.25. The van der Waals surface area contributed by atoms with Crippen LogP contribution < -0.4 is 0 Å². The number of nitrogens with zero attached hydrogens (tertiary/aromatic N) is 3. The average Bonchev–Trinajstić information content (AvgIpc) is 2.98. The van der Waals surface area contributed by atoms with Crippen molar-refractivity contribution in [2.45, 2.75) is 44.6 Å². The van der Waals surface area contributed by atoms with Gasteiger partial charge in [0.2, 0.25) is 0 Å². The molecule has 3 nitrogen and oxygen atoms in total. The largest absolute Gasteiger partial charge is 0.303 e. The van der Waals surface area contributed by atoms with Crippen molar-refractivity contribution in [1.29, 1.82) is 0 Å². The molecule has 0 N–H and O–H groups in total. The fourth-order valence-electron chi connectivity index (χ4n) is 3.72. The second-order valence-electron chi connectivity index (χ2n) is 6.24. The summed E-state index contributed by atoms with van der Waals surface area (Å²) in [5.74, 6) is 0. The summed E-state index contributed by atoms with van der Waals surface area (Å²) in [5, 5.41) is 0. The normalized spacial score (nSPS) is 25.1. The highest BCUT2D eigenvalue weighted by molar-refractivity contribution is 5.15. The summed E-state index contributed by atoms with van der Waals surface area (Å²) in [4.78, 5) is 9.60. The Bertz CT molecular complexity index is 386. The molecule has 0 aliphatic carbocycles. The van der Waals surface area contributed by atoms with Crippen molar-refractivity contribution in [1.82, 2.24) is 14.8 Å².